The fraction of sp³-hybridized carbons (Fsp3) is 0.429. The molecule has 1 amide bonds. The number of nitrogens with one attached hydrogen (secondary N) is 1. The fourth-order valence-electron chi connectivity index (χ4n) is 7.24. The summed E-state index contributed by atoms with van der Waals surface area (Å²) in [5, 5.41) is 13.6. The van der Waals surface area contributed by atoms with Crippen LogP contribution in [0.5, 0.6) is 0 Å². The largest absolute Gasteiger partial charge is 0.392 e. The van der Waals surface area contributed by atoms with Gasteiger partial charge >= 0.3 is 0 Å². The molecule has 3 aromatic rings. The molecule has 3 aliphatic heterocycles. The van der Waals surface area contributed by atoms with Gasteiger partial charge in [-0.3, -0.25) is 14.5 Å². The zero-order valence-corrected chi connectivity index (χ0v) is 28.0. The molecule has 0 unspecified atom stereocenters. The molecule has 2 fully saturated rings. The first kappa shape index (κ1) is 32.4. The summed E-state index contributed by atoms with van der Waals surface area (Å²) in [6.07, 6.45) is 9.86. The van der Waals surface area contributed by atoms with Gasteiger partial charge in [0.25, 0.3) is 11.5 Å². The van der Waals surface area contributed by atoms with E-state index in [1.807, 2.05) is 0 Å². The Morgan fingerprint density at radius 1 is 1.04 bits per heavy atom. The molecule has 2 aromatic heterocycles. The SMILES string of the molecule is Cn1cc(-c2cc(F)cc(N3CCc4c(sc5c4CCCC5)C3=O)c2CO)cc(N/C(N)=C/C=C(\N)N2CCN(C3COC3)CC2)c1=O. The molecule has 1 aromatic carbocycles. The molecule has 0 saturated carbocycles. The summed E-state index contributed by atoms with van der Waals surface area (Å²) in [7, 11) is 1.59. The highest BCUT2D eigenvalue weighted by Gasteiger charge is 2.34. The van der Waals surface area contributed by atoms with E-state index in [1.54, 1.807) is 47.7 Å². The molecule has 6 N–H and O–H groups in total. The Kier molecular flexibility index (Phi) is 9.03. The zero-order chi connectivity index (χ0) is 33.5. The quantitative estimate of drug-likeness (QED) is 0.265. The van der Waals surface area contributed by atoms with Crippen LogP contribution in [0.15, 0.2) is 53.0 Å². The molecule has 0 bridgehead atoms. The summed E-state index contributed by atoms with van der Waals surface area (Å²) in [5.74, 6) is 0.0670. The molecular weight excluding hydrogens is 633 g/mol. The number of carbonyl (C=O) groups excluding carboxylic acids is 1. The van der Waals surface area contributed by atoms with Gasteiger partial charge in [0.2, 0.25) is 0 Å². The van der Waals surface area contributed by atoms with Crippen LogP contribution in [0, 0.1) is 5.82 Å². The standard InChI is InChI=1S/C35H42FN7O4S/c1-40-17-21(14-28(34(40)45)39-31(37)6-7-32(38)42-12-10-41(11-13-42)23-19-47-20-23)26-15-22(36)16-29(27(26)18-44)43-9-8-25-24-4-2-3-5-30(24)48-33(25)35(43)46/h6-7,14-17,23,39,44H,2-5,8-13,18-20,37-38H2,1H3/b31-6+,32-7+. The lowest BCUT2D eigenvalue weighted by atomic mass is 9.91. The van der Waals surface area contributed by atoms with Crippen LogP contribution in [0.25, 0.3) is 11.1 Å². The van der Waals surface area contributed by atoms with Gasteiger partial charge in [-0.05, 0) is 79.1 Å². The summed E-state index contributed by atoms with van der Waals surface area (Å²) >= 11 is 1.56. The third-order valence-electron chi connectivity index (χ3n) is 9.97. The van der Waals surface area contributed by atoms with E-state index in [1.165, 1.54) is 27.1 Å². The predicted molar refractivity (Wildman–Crippen MR) is 185 cm³/mol. The van der Waals surface area contributed by atoms with E-state index in [4.69, 9.17) is 16.2 Å². The average Bonchev–Trinajstić information content (AvgIpc) is 3.45. The van der Waals surface area contributed by atoms with Crippen molar-refractivity contribution in [3.63, 3.8) is 0 Å². The van der Waals surface area contributed by atoms with Crippen LogP contribution in [0.4, 0.5) is 15.8 Å². The second-order valence-electron chi connectivity index (χ2n) is 12.9. The number of allylic oxidation sites excluding steroid dienone is 2. The molecule has 0 radical (unpaired) electrons. The number of ether oxygens (including phenoxy) is 1. The lowest BCUT2D eigenvalue weighted by Crippen LogP contribution is -2.56. The number of hydrogen-bond acceptors (Lipinski definition) is 10. The number of fused-ring (bicyclic) bond motifs is 3. The molecule has 7 rings (SSSR count). The third kappa shape index (κ3) is 6.11. The van der Waals surface area contributed by atoms with Crippen LogP contribution in [-0.2, 0) is 37.7 Å². The van der Waals surface area contributed by atoms with Gasteiger partial charge in [0.1, 0.15) is 17.3 Å². The van der Waals surface area contributed by atoms with E-state index >= 15 is 4.39 Å². The monoisotopic (exact) mass is 675 g/mol. The number of thiophene rings is 1. The highest BCUT2D eigenvalue weighted by atomic mass is 32.1. The number of nitrogens with two attached hydrogens (primary N) is 2. The van der Waals surface area contributed by atoms with Crippen molar-refractivity contribution in [2.45, 2.75) is 44.8 Å². The number of aliphatic hydroxyl groups is 1. The summed E-state index contributed by atoms with van der Waals surface area (Å²) < 4.78 is 22.0. The molecular formula is C35H42FN7O4S. The van der Waals surface area contributed by atoms with Crippen molar-refractivity contribution in [3.05, 3.63) is 90.8 Å². The van der Waals surface area contributed by atoms with Gasteiger partial charge in [-0.25, -0.2) is 4.39 Å². The first-order valence-electron chi connectivity index (χ1n) is 16.6. The molecule has 1 aliphatic carbocycles. The Hall–Kier alpha value is -4.17. The molecule has 13 heteroatoms. The maximum absolute atomic E-state index is 15.3. The molecule has 2 saturated heterocycles. The van der Waals surface area contributed by atoms with Crippen LogP contribution in [0.2, 0.25) is 0 Å². The lowest BCUT2D eigenvalue weighted by Gasteiger charge is -2.43. The van der Waals surface area contributed by atoms with Crippen molar-refractivity contribution in [3.8, 4) is 11.1 Å². The molecule has 254 valence electrons. The number of nitrogens with zero attached hydrogens (tertiary/aromatic N) is 4. The van der Waals surface area contributed by atoms with Gasteiger partial charge in [-0.2, -0.15) is 0 Å². The number of aryl methyl sites for hydroxylation is 2. The molecule has 48 heavy (non-hydrogen) atoms. The highest BCUT2D eigenvalue weighted by Crippen LogP contribution is 2.41. The number of piperazine rings is 1. The first-order chi connectivity index (χ1) is 23.2. The van der Waals surface area contributed by atoms with Crippen LogP contribution >= 0.6 is 11.3 Å². The Balaban J connectivity index is 1.13. The van der Waals surface area contributed by atoms with Crippen molar-refractivity contribution < 1.29 is 19.0 Å². The molecule has 0 spiro atoms. The van der Waals surface area contributed by atoms with Crippen molar-refractivity contribution in [1.82, 2.24) is 14.4 Å². The van der Waals surface area contributed by atoms with Crippen molar-refractivity contribution >= 4 is 28.6 Å². The van der Waals surface area contributed by atoms with Crippen LogP contribution < -0.4 is 27.2 Å². The van der Waals surface area contributed by atoms with E-state index in [-0.39, 0.29) is 23.0 Å². The molecule has 5 heterocycles. The van der Waals surface area contributed by atoms with Gasteiger partial charge in [-0.15, -0.1) is 11.3 Å². The minimum absolute atomic E-state index is 0.162. The van der Waals surface area contributed by atoms with Crippen molar-refractivity contribution in [2.24, 2.45) is 18.5 Å². The number of hydrogen-bond donors (Lipinski definition) is 4. The van der Waals surface area contributed by atoms with Gasteiger partial charge in [0.15, 0.2) is 0 Å². The highest BCUT2D eigenvalue weighted by molar-refractivity contribution is 7.14. The van der Waals surface area contributed by atoms with E-state index in [0.29, 0.717) is 47.2 Å². The van der Waals surface area contributed by atoms with Gasteiger partial charge < -0.3 is 41.0 Å². The Bertz CT molecular complexity index is 1860. The maximum Gasteiger partial charge on any atom is 0.274 e. The summed E-state index contributed by atoms with van der Waals surface area (Å²) in [6.45, 7) is 4.95. The van der Waals surface area contributed by atoms with Crippen molar-refractivity contribution in [2.75, 3.05) is 56.2 Å². The van der Waals surface area contributed by atoms with Crippen LogP contribution in [0.1, 0.15) is 44.1 Å². The van der Waals surface area contributed by atoms with Gasteiger partial charge in [-0.1, -0.05) is 0 Å². The number of aromatic nitrogens is 1. The molecule has 0 atom stereocenters. The zero-order valence-electron chi connectivity index (χ0n) is 27.1. The summed E-state index contributed by atoms with van der Waals surface area (Å²) in [4.78, 5) is 35.1. The van der Waals surface area contributed by atoms with E-state index < -0.39 is 12.4 Å². The van der Waals surface area contributed by atoms with E-state index in [9.17, 15) is 14.7 Å². The normalized spacial score (nSPS) is 19.3. The number of benzene rings is 1. The minimum Gasteiger partial charge on any atom is -0.392 e. The second kappa shape index (κ2) is 13.4. The minimum atomic E-state index is -0.550. The topological polar surface area (TPSA) is 142 Å². The fourth-order valence-corrected chi connectivity index (χ4v) is 8.63. The van der Waals surface area contributed by atoms with Gasteiger partial charge in [0, 0.05) is 62.0 Å². The smallest absolute Gasteiger partial charge is 0.274 e. The van der Waals surface area contributed by atoms with Crippen molar-refractivity contribution in [1.29, 1.82) is 0 Å². The Morgan fingerprint density at radius 3 is 2.54 bits per heavy atom. The maximum atomic E-state index is 15.3. The van der Waals surface area contributed by atoms with Crippen LogP contribution in [-0.4, -0.2) is 77.4 Å². The number of aliphatic hydroxyl groups excluding tert-OH is 1. The van der Waals surface area contributed by atoms with Crippen LogP contribution in [0.3, 0.4) is 0 Å². The number of anilines is 2. The molecule has 4 aliphatic rings. The van der Waals surface area contributed by atoms with Gasteiger partial charge in [0.05, 0.1) is 42.2 Å². The number of pyridine rings is 1. The lowest BCUT2D eigenvalue weighted by molar-refractivity contribution is -0.0747. The average molecular weight is 676 g/mol. The first-order valence-corrected chi connectivity index (χ1v) is 17.4. The number of amides is 1. The second-order valence-corrected chi connectivity index (χ2v) is 14.1. The summed E-state index contributed by atoms with van der Waals surface area (Å²) in [6, 6.07) is 4.71. The number of halogens is 1. The predicted octanol–water partition coefficient (Wildman–Crippen LogP) is 2.86. The summed E-state index contributed by atoms with van der Waals surface area (Å²) in [5.41, 5.74) is 16.5. The Labute approximate surface area is 282 Å². The number of carbonyl (C=O) groups is 1. The third-order valence-corrected chi connectivity index (χ3v) is 11.3. The van der Waals surface area contributed by atoms with E-state index in [2.05, 4.69) is 15.1 Å². The molecule has 11 nitrogen and oxygen atoms in total. The number of rotatable bonds is 8. The van der Waals surface area contributed by atoms with E-state index in [0.717, 1.165) is 75.5 Å². The Morgan fingerprint density at radius 2 is 1.81 bits per heavy atom.